The van der Waals surface area contributed by atoms with Crippen LogP contribution in [0.1, 0.15) is 19.3 Å². The van der Waals surface area contributed by atoms with E-state index in [0.29, 0.717) is 0 Å². The molecular weight excluding hydrogens is 197 g/mol. The smallest absolute Gasteiger partial charge is 0.206 e. The Morgan fingerprint density at radius 3 is 2.09 bits per heavy atom. The predicted molar refractivity (Wildman–Crippen MR) is 42.7 cm³/mol. The largest absolute Gasteiger partial charge is 0.301 e. The van der Waals surface area contributed by atoms with Gasteiger partial charge in [-0.1, -0.05) is 23.8 Å². The van der Waals surface area contributed by atoms with Gasteiger partial charge in [-0.3, -0.25) is 0 Å². The second-order valence-corrected chi connectivity index (χ2v) is 3.05. The quantitative estimate of drug-likeness (QED) is 0.494. The van der Waals surface area contributed by atoms with Gasteiger partial charge in [0.15, 0.2) is 5.83 Å². The fraction of sp³-hybridized carbons (Fsp3) is 0.500. The molecule has 0 aliphatic carbocycles. The lowest BCUT2D eigenvalue weighted by Crippen LogP contribution is -1.84. The van der Waals surface area contributed by atoms with Gasteiger partial charge >= 0.3 is 6.08 Å². The monoisotopic (exact) mass is 202 g/mol. The summed E-state index contributed by atoms with van der Waals surface area (Å²) in [6, 6.07) is 0. The first-order valence-electron chi connectivity index (χ1n) is 2.92. The Morgan fingerprint density at radius 2 is 1.73 bits per heavy atom. The highest BCUT2D eigenvalue weighted by molar-refractivity contribution is 7.83. The van der Waals surface area contributed by atoms with Gasteiger partial charge in [-0.05, 0) is 12.8 Å². The molecule has 0 aromatic rings. The molecule has 0 fully saturated rings. The topological polar surface area (TPSA) is 0 Å². The van der Waals surface area contributed by atoms with Crippen molar-refractivity contribution in [2.75, 3.05) is 0 Å². The van der Waals surface area contributed by atoms with E-state index in [2.05, 4.69) is 12.2 Å². The van der Waals surface area contributed by atoms with E-state index in [-0.39, 0.29) is 23.6 Å². The number of hydrogen-bond acceptors (Lipinski definition) is 1. The van der Waals surface area contributed by atoms with E-state index in [0.717, 1.165) is 0 Å². The SMILES string of the molecule is FC(F)=C(F)CCCC(=S)Cl. The molecule has 0 nitrogen and oxygen atoms in total. The Morgan fingerprint density at radius 1 is 1.18 bits per heavy atom. The molecule has 0 aromatic carbocycles. The maximum Gasteiger partial charge on any atom is 0.301 e. The highest BCUT2D eigenvalue weighted by Gasteiger charge is 2.04. The Bertz CT molecular complexity index is 175. The van der Waals surface area contributed by atoms with Crippen LogP contribution in [-0.4, -0.2) is 4.32 Å². The highest BCUT2D eigenvalue weighted by Crippen LogP contribution is 2.16. The molecule has 11 heavy (non-hydrogen) atoms. The van der Waals surface area contributed by atoms with Crippen LogP contribution in [0.4, 0.5) is 13.2 Å². The van der Waals surface area contributed by atoms with Gasteiger partial charge in [-0.25, -0.2) is 4.39 Å². The summed E-state index contributed by atoms with van der Waals surface area (Å²) in [6.45, 7) is 0. The standard InChI is InChI=1S/C6H6ClF3S/c7-5(11)3-1-2-4(8)6(9)10/h1-3H2. The van der Waals surface area contributed by atoms with Crippen molar-refractivity contribution in [1.82, 2.24) is 0 Å². The third-order valence-corrected chi connectivity index (χ3v) is 1.37. The van der Waals surface area contributed by atoms with Crippen LogP contribution in [0, 0.1) is 0 Å². The number of halogens is 4. The molecule has 0 N–H and O–H groups in total. The van der Waals surface area contributed by atoms with Crippen molar-refractivity contribution in [3.05, 3.63) is 11.9 Å². The molecule has 5 heteroatoms. The Kier molecular flexibility index (Phi) is 5.50. The molecule has 0 radical (unpaired) electrons. The highest BCUT2D eigenvalue weighted by atomic mass is 35.5. The Labute approximate surface area is 73.0 Å². The molecule has 0 heterocycles. The van der Waals surface area contributed by atoms with Gasteiger partial charge < -0.3 is 0 Å². The van der Waals surface area contributed by atoms with E-state index in [1.165, 1.54) is 0 Å². The van der Waals surface area contributed by atoms with Gasteiger partial charge in [-0.2, -0.15) is 8.78 Å². The minimum atomic E-state index is -2.26. The molecule has 0 spiro atoms. The zero-order valence-electron chi connectivity index (χ0n) is 5.54. The molecule has 0 aromatic heterocycles. The van der Waals surface area contributed by atoms with Gasteiger partial charge in [0.05, 0.1) is 4.32 Å². The van der Waals surface area contributed by atoms with Crippen molar-refractivity contribution in [3.63, 3.8) is 0 Å². The fourth-order valence-electron chi connectivity index (χ4n) is 0.477. The fourth-order valence-corrected chi connectivity index (χ4v) is 0.755. The average Bonchev–Trinajstić information content (AvgIpc) is 1.86. The van der Waals surface area contributed by atoms with E-state index >= 15 is 0 Å². The van der Waals surface area contributed by atoms with Crippen molar-refractivity contribution < 1.29 is 13.2 Å². The van der Waals surface area contributed by atoms with E-state index in [1.807, 2.05) is 0 Å². The van der Waals surface area contributed by atoms with E-state index in [4.69, 9.17) is 11.6 Å². The molecular formula is C6H6ClF3S. The normalized spacial score (nSPS) is 9.45. The molecule has 0 aliphatic heterocycles. The van der Waals surface area contributed by atoms with Gasteiger partial charge in [0.2, 0.25) is 0 Å². The van der Waals surface area contributed by atoms with E-state index < -0.39 is 11.9 Å². The lowest BCUT2D eigenvalue weighted by Gasteiger charge is -1.94. The number of thiocarbonyl (C=S) groups is 1. The number of rotatable bonds is 4. The van der Waals surface area contributed by atoms with Crippen LogP contribution in [0.3, 0.4) is 0 Å². The minimum Gasteiger partial charge on any atom is -0.206 e. The second-order valence-electron chi connectivity index (χ2n) is 1.87. The first-order valence-corrected chi connectivity index (χ1v) is 3.70. The van der Waals surface area contributed by atoms with Gasteiger partial charge in [-0.15, -0.1) is 0 Å². The average molecular weight is 203 g/mol. The summed E-state index contributed by atoms with van der Waals surface area (Å²) >= 11 is 9.70. The van der Waals surface area contributed by atoms with Crippen LogP contribution in [-0.2, 0) is 0 Å². The van der Waals surface area contributed by atoms with Crippen LogP contribution in [0.15, 0.2) is 11.9 Å². The van der Waals surface area contributed by atoms with Crippen molar-refractivity contribution in [2.24, 2.45) is 0 Å². The lowest BCUT2D eigenvalue weighted by atomic mass is 10.2. The van der Waals surface area contributed by atoms with Gasteiger partial charge in [0.25, 0.3) is 0 Å². The van der Waals surface area contributed by atoms with Crippen molar-refractivity contribution in [2.45, 2.75) is 19.3 Å². The molecule has 0 unspecified atom stereocenters. The first kappa shape index (κ1) is 10.9. The van der Waals surface area contributed by atoms with E-state index in [9.17, 15) is 13.2 Å². The Hall–Kier alpha value is -0.0900. The van der Waals surface area contributed by atoms with Crippen molar-refractivity contribution in [3.8, 4) is 0 Å². The Balaban J connectivity index is 3.56. The maximum absolute atomic E-state index is 12.0. The van der Waals surface area contributed by atoms with Crippen LogP contribution in [0.5, 0.6) is 0 Å². The molecule has 0 saturated carbocycles. The van der Waals surface area contributed by atoms with Gasteiger partial charge in [0, 0.05) is 6.42 Å². The maximum atomic E-state index is 12.0. The van der Waals surface area contributed by atoms with Crippen LogP contribution < -0.4 is 0 Å². The summed E-state index contributed by atoms with van der Waals surface area (Å²) in [4.78, 5) is 0. The molecule has 0 bridgehead atoms. The molecule has 0 atom stereocenters. The zero-order chi connectivity index (χ0) is 8.85. The molecule has 0 amide bonds. The number of allylic oxidation sites excluding steroid dienone is 1. The zero-order valence-corrected chi connectivity index (χ0v) is 7.11. The molecule has 64 valence electrons. The minimum absolute atomic E-state index is 0.192. The molecule has 0 rings (SSSR count). The first-order chi connectivity index (χ1) is 5.04. The van der Waals surface area contributed by atoms with Crippen LogP contribution in [0.25, 0.3) is 0 Å². The summed E-state index contributed by atoms with van der Waals surface area (Å²) in [5, 5.41) is 0. The summed E-state index contributed by atoms with van der Waals surface area (Å²) in [5.74, 6) is -1.38. The van der Waals surface area contributed by atoms with Gasteiger partial charge in [0.1, 0.15) is 0 Å². The van der Waals surface area contributed by atoms with E-state index in [1.54, 1.807) is 0 Å². The third-order valence-electron chi connectivity index (χ3n) is 0.975. The summed E-state index contributed by atoms with van der Waals surface area (Å²) in [5.41, 5.74) is 0. The summed E-state index contributed by atoms with van der Waals surface area (Å²) in [6.07, 6.45) is -2.04. The second kappa shape index (κ2) is 5.55. The summed E-state index contributed by atoms with van der Waals surface area (Å²) in [7, 11) is 0. The molecule has 0 aliphatic rings. The summed E-state index contributed by atoms with van der Waals surface area (Å²) < 4.78 is 35.0. The third kappa shape index (κ3) is 6.31. The molecule has 0 saturated heterocycles. The predicted octanol–water partition coefficient (Wildman–Crippen LogP) is 3.80. The number of hydrogen-bond donors (Lipinski definition) is 0. The van der Waals surface area contributed by atoms with Crippen LogP contribution in [0.2, 0.25) is 0 Å². The van der Waals surface area contributed by atoms with Crippen LogP contribution >= 0.6 is 23.8 Å². The lowest BCUT2D eigenvalue weighted by molar-refractivity contribution is 0.369. The van der Waals surface area contributed by atoms with Crippen molar-refractivity contribution in [1.29, 1.82) is 0 Å². The van der Waals surface area contributed by atoms with Crippen molar-refractivity contribution >= 4 is 28.1 Å².